The third-order valence-corrected chi connectivity index (χ3v) is 3.68. The SMILES string of the molecule is OCCc1cnc(Cc2ccccc2Cl)s1. The Hall–Kier alpha value is -0.900. The Morgan fingerprint density at radius 3 is 2.88 bits per heavy atom. The van der Waals surface area contributed by atoms with Crippen LogP contribution in [0.1, 0.15) is 15.4 Å². The number of hydrogen-bond donors (Lipinski definition) is 1. The molecule has 0 aliphatic heterocycles. The van der Waals surface area contributed by atoms with Crippen LogP contribution >= 0.6 is 22.9 Å². The molecule has 0 saturated carbocycles. The lowest BCUT2D eigenvalue weighted by Gasteiger charge is -2.00. The predicted molar refractivity (Wildman–Crippen MR) is 67.2 cm³/mol. The second kappa shape index (κ2) is 5.43. The maximum atomic E-state index is 8.82. The van der Waals surface area contributed by atoms with Crippen LogP contribution in [0.5, 0.6) is 0 Å². The molecular formula is C12H12ClNOS. The summed E-state index contributed by atoms with van der Waals surface area (Å²) in [5.41, 5.74) is 1.09. The van der Waals surface area contributed by atoms with Crippen molar-refractivity contribution in [1.82, 2.24) is 4.98 Å². The van der Waals surface area contributed by atoms with Gasteiger partial charge in [-0.05, 0) is 11.6 Å². The van der Waals surface area contributed by atoms with Crippen molar-refractivity contribution in [2.75, 3.05) is 6.61 Å². The van der Waals surface area contributed by atoms with Crippen LogP contribution in [-0.4, -0.2) is 16.7 Å². The van der Waals surface area contributed by atoms with Gasteiger partial charge in [0, 0.05) is 35.5 Å². The van der Waals surface area contributed by atoms with Crippen LogP contribution in [0.3, 0.4) is 0 Å². The van der Waals surface area contributed by atoms with E-state index in [2.05, 4.69) is 4.98 Å². The highest BCUT2D eigenvalue weighted by atomic mass is 35.5. The Kier molecular flexibility index (Phi) is 3.93. The fourth-order valence-corrected chi connectivity index (χ4v) is 2.60. The molecule has 0 aliphatic carbocycles. The van der Waals surface area contributed by atoms with E-state index in [1.54, 1.807) is 11.3 Å². The molecule has 84 valence electrons. The molecule has 0 spiro atoms. The summed E-state index contributed by atoms with van der Waals surface area (Å²) in [7, 11) is 0. The van der Waals surface area contributed by atoms with Gasteiger partial charge in [-0.1, -0.05) is 29.8 Å². The molecule has 0 saturated heterocycles. The summed E-state index contributed by atoms with van der Waals surface area (Å²) in [5.74, 6) is 0. The van der Waals surface area contributed by atoms with Crippen molar-refractivity contribution in [1.29, 1.82) is 0 Å². The molecule has 0 radical (unpaired) electrons. The standard InChI is InChI=1S/C12H12ClNOS/c13-11-4-2-1-3-9(11)7-12-14-8-10(16-12)5-6-15/h1-4,8,15H,5-7H2. The number of benzene rings is 1. The van der Waals surface area contributed by atoms with Gasteiger partial charge in [-0.25, -0.2) is 4.98 Å². The number of aliphatic hydroxyl groups is 1. The van der Waals surface area contributed by atoms with E-state index in [1.807, 2.05) is 30.5 Å². The van der Waals surface area contributed by atoms with Crippen LogP contribution in [-0.2, 0) is 12.8 Å². The first-order valence-electron chi connectivity index (χ1n) is 5.07. The molecule has 4 heteroatoms. The van der Waals surface area contributed by atoms with Crippen molar-refractivity contribution in [3.8, 4) is 0 Å². The Morgan fingerprint density at radius 2 is 2.12 bits per heavy atom. The third kappa shape index (κ3) is 2.82. The molecule has 16 heavy (non-hydrogen) atoms. The van der Waals surface area contributed by atoms with Crippen LogP contribution in [0.25, 0.3) is 0 Å². The van der Waals surface area contributed by atoms with E-state index in [0.717, 1.165) is 26.9 Å². The number of nitrogens with zero attached hydrogens (tertiary/aromatic N) is 1. The molecule has 0 amide bonds. The van der Waals surface area contributed by atoms with Crippen molar-refractivity contribution in [2.45, 2.75) is 12.8 Å². The van der Waals surface area contributed by atoms with Crippen molar-refractivity contribution in [3.63, 3.8) is 0 Å². The Bertz CT molecular complexity index is 470. The molecular weight excluding hydrogens is 242 g/mol. The van der Waals surface area contributed by atoms with Gasteiger partial charge in [0.15, 0.2) is 0 Å². The minimum Gasteiger partial charge on any atom is -0.396 e. The van der Waals surface area contributed by atoms with E-state index in [-0.39, 0.29) is 6.61 Å². The predicted octanol–water partition coefficient (Wildman–Crippen LogP) is 2.92. The monoisotopic (exact) mass is 253 g/mol. The van der Waals surface area contributed by atoms with Crippen molar-refractivity contribution in [3.05, 3.63) is 50.9 Å². The van der Waals surface area contributed by atoms with Crippen LogP contribution < -0.4 is 0 Å². The summed E-state index contributed by atoms with van der Waals surface area (Å²) < 4.78 is 0. The quantitative estimate of drug-likeness (QED) is 0.909. The highest BCUT2D eigenvalue weighted by Gasteiger charge is 2.05. The van der Waals surface area contributed by atoms with Crippen LogP contribution in [0.4, 0.5) is 0 Å². The summed E-state index contributed by atoms with van der Waals surface area (Å²) in [6.45, 7) is 0.174. The van der Waals surface area contributed by atoms with E-state index in [1.165, 1.54) is 0 Å². The second-order valence-electron chi connectivity index (χ2n) is 3.46. The molecule has 2 nitrogen and oxygen atoms in total. The molecule has 2 aromatic rings. The largest absolute Gasteiger partial charge is 0.396 e. The van der Waals surface area contributed by atoms with Gasteiger partial charge in [0.05, 0.1) is 5.01 Å². The first-order valence-corrected chi connectivity index (χ1v) is 6.27. The Labute approximate surface area is 104 Å². The highest BCUT2D eigenvalue weighted by Crippen LogP contribution is 2.21. The Morgan fingerprint density at radius 1 is 1.31 bits per heavy atom. The molecule has 0 unspecified atom stereocenters. The number of aliphatic hydroxyl groups excluding tert-OH is 1. The highest BCUT2D eigenvalue weighted by molar-refractivity contribution is 7.11. The number of rotatable bonds is 4. The fourth-order valence-electron chi connectivity index (χ4n) is 1.46. The molecule has 2 rings (SSSR count). The molecule has 0 atom stereocenters. The fraction of sp³-hybridized carbons (Fsp3) is 0.250. The molecule has 1 heterocycles. The minimum atomic E-state index is 0.174. The van der Waals surface area contributed by atoms with Gasteiger partial charge in [0.2, 0.25) is 0 Å². The van der Waals surface area contributed by atoms with Gasteiger partial charge < -0.3 is 5.11 Å². The van der Waals surface area contributed by atoms with E-state index in [4.69, 9.17) is 16.7 Å². The molecule has 0 aliphatic rings. The van der Waals surface area contributed by atoms with Gasteiger partial charge in [-0.15, -0.1) is 11.3 Å². The summed E-state index contributed by atoms with van der Waals surface area (Å²) >= 11 is 7.71. The molecule has 1 N–H and O–H groups in total. The van der Waals surface area contributed by atoms with Gasteiger partial charge in [0.25, 0.3) is 0 Å². The van der Waals surface area contributed by atoms with E-state index in [0.29, 0.717) is 6.42 Å². The Balaban J connectivity index is 2.11. The van der Waals surface area contributed by atoms with Crippen LogP contribution in [0.2, 0.25) is 5.02 Å². The number of halogens is 1. The molecule has 1 aromatic carbocycles. The first-order chi connectivity index (χ1) is 7.79. The normalized spacial score (nSPS) is 10.6. The van der Waals surface area contributed by atoms with Crippen LogP contribution in [0, 0.1) is 0 Å². The lowest BCUT2D eigenvalue weighted by molar-refractivity contribution is 0.300. The number of hydrogen-bond acceptors (Lipinski definition) is 3. The first kappa shape index (κ1) is 11.6. The zero-order valence-corrected chi connectivity index (χ0v) is 10.3. The van der Waals surface area contributed by atoms with E-state index in [9.17, 15) is 0 Å². The maximum absolute atomic E-state index is 8.82. The zero-order valence-electron chi connectivity index (χ0n) is 8.69. The third-order valence-electron chi connectivity index (χ3n) is 2.26. The number of aromatic nitrogens is 1. The van der Waals surface area contributed by atoms with Gasteiger partial charge in [0.1, 0.15) is 0 Å². The molecule has 0 bridgehead atoms. The smallest absolute Gasteiger partial charge is 0.0972 e. The van der Waals surface area contributed by atoms with Gasteiger partial charge in [-0.3, -0.25) is 0 Å². The summed E-state index contributed by atoms with van der Waals surface area (Å²) in [5, 5.41) is 10.6. The average molecular weight is 254 g/mol. The van der Waals surface area contributed by atoms with Gasteiger partial charge >= 0.3 is 0 Å². The van der Waals surface area contributed by atoms with Crippen molar-refractivity contribution < 1.29 is 5.11 Å². The molecule has 0 fully saturated rings. The lowest BCUT2D eigenvalue weighted by atomic mass is 10.2. The van der Waals surface area contributed by atoms with E-state index >= 15 is 0 Å². The number of thiazole rings is 1. The average Bonchev–Trinajstić information content (AvgIpc) is 2.70. The summed E-state index contributed by atoms with van der Waals surface area (Å²) in [4.78, 5) is 5.44. The topological polar surface area (TPSA) is 33.1 Å². The maximum Gasteiger partial charge on any atom is 0.0972 e. The summed E-state index contributed by atoms with van der Waals surface area (Å²) in [6, 6.07) is 7.79. The zero-order chi connectivity index (χ0) is 11.4. The second-order valence-corrected chi connectivity index (χ2v) is 5.07. The summed E-state index contributed by atoms with van der Waals surface area (Å²) in [6.07, 6.45) is 3.27. The van der Waals surface area contributed by atoms with Crippen molar-refractivity contribution in [2.24, 2.45) is 0 Å². The lowest BCUT2D eigenvalue weighted by Crippen LogP contribution is -1.87. The van der Waals surface area contributed by atoms with Gasteiger partial charge in [-0.2, -0.15) is 0 Å². The van der Waals surface area contributed by atoms with Crippen LogP contribution in [0.15, 0.2) is 30.5 Å². The molecule has 1 aromatic heterocycles. The minimum absolute atomic E-state index is 0.174. The van der Waals surface area contributed by atoms with Crippen molar-refractivity contribution >= 4 is 22.9 Å². The van der Waals surface area contributed by atoms with E-state index < -0.39 is 0 Å².